The summed E-state index contributed by atoms with van der Waals surface area (Å²) in [5, 5.41) is 5.89. The van der Waals surface area contributed by atoms with Crippen LogP contribution in [-0.2, 0) is 9.59 Å². The maximum absolute atomic E-state index is 12.7. The minimum absolute atomic E-state index is 0.107. The third kappa shape index (κ3) is 4.73. The highest BCUT2D eigenvalue weighted by atomic mass is 16.5. The van der Waals surface area contributed by atoms with E-state index in [1.807, 2.05) is 68.4 Å². The maximum Gasteiger partial charge on any atom is 0.256 e. The molecule has 170 valence electrons. The van der Waals surface area contributed by atoms with Gasteiger partial charge in [-0.25, -0.2) is 0 Å². The fourth-order valence-corrected chi connectivity index (χ4v) is 4.01. The molecule has 0 unspecified atom stereocenters. The first-order chi connectivity index (χ1) is 15.9. The minimum atomic E-state index is -0.175. The molecular weight excluding hydrogens is 416 g/mol. The average Bonchev–Trinajstić information content (AvgIpc) is 3.32. The molecule has 0 fully saturated rings. The Morgan fingerprint density at radius 2 is 2.00 bits per heavy atom. The molecule has 0 radical (unpaired) electrons. The second-order valence-corrected chi connectivity index (χ2v) is 8.38. The van der Waals surface area contributed by atoms with Crippen molar-refractivity contribution < 1.29 is 14.3 Å². The van der Waals surface area contributed by atoms with Crippen molar-refractivity contribution in [2.45, 2.75) is 13.3 Å². The molecule has 2 amide bonds. The fraction of sp³-hybridized carbons (Fsp3) is 0.269. The van der Waals surface area contributed by atoms with Gasteiger partial charge in [0.25, 0.3) is 5.91 Å². The van der Waals surface area contributed by atoms with Crippen molar-refractivity contribution in [3.05, 3.63) is 65.4 Å². The summed E-state index contributed by atoms with van der Waals surface area (Å²) in [5.41, 5.74) is 6.08. The minimum Gasteiger partial charge on any atom is -0.496 e. The number of fused-ring (bicyclic) bond motifs is 1. The summed E-state index contributed by atoms with van der Waals surface area (Å²) >= 11 is 0. The lowest BCUT2D eigenvalue weighted by Crippen LogP contribution is -2.32. The normalized spacial score (nSPS) is 16.2. The van der Waals surface area contributed by atoms with Crippen LogP contribution in [0.4, 0.5) is 5.69 Å². The van der Waals surface area contributed by atoms with Crippen LogP contribution < -0.4 is 15.4 Å². The van der Waals surface area contributed by atoms with E-state index in [0.717, 1.165) is 34.7 Å². The number of carbonyl (C=O) groups excluding carboxylic acids is 2. The van der Waals surface area contributed by atoms with E-state index in [1.165, 1.54) is 0 Å². The molecule has 2 aliphatic rings. The summed E-state index contributed by atoms with van der Waals surface area (Å²) in [6.45, 7) is 3.17. The third-order valence-corrected chi connectivity index (χ3v) is 5.76. The number of rotatable bonds is 7. The van der Waals surface area contributed by atoms with E-state index >= 15 is 0 Å². The highest BCUT2D eigenvalue weighted by molar-refractivity contribution is 6.35. The van der Waals surface area contributed by atoms with E-state index in [9.17, 15) is 9.59 Å². The van der Waals surface area contributed by atoms with Gasteiger partial charge in [-0.05, 0) is 44.8 Å². The van der Waals surface area contributed by atoms with Crippen LogP contribution in [0, 0.1) is 0 Å². The van der Waals surface area contributed by atoms with Gasteiger partial charge in [0.05, 0.1) is 12.7 Å². The number of anilines is 1. The maximum atomic E-state index is 12.7. The van der Waals surface area contributed by atoms with Crippen LogP contribution >= 0.6 is 0 Å². The Kier molecular flexibility index (Phi) is 6.42. The van der Waals surface area contributed by atoms with Crippen LogP contribution in [0.5, 0.6) is 5.75 Å². The number of hydrogen-bond acceptors (Lipinski definition) is 5. The second-order valence-electron chi connectivity index (χ2n) is 8.38. The standard InChI is InChI=1S/C26H28N4O3/c1-16-21(25(31)27-11-12-30(2)3)14-18(28-16)15-22-20-10-9-17(13-23(20)29-26(22)32)19-7-5-6-8-24(19)33-4/h5-10,13,15H,11-12,14H2,1-4H3,(H,27,31)(H,29,32)/b22-15-. The largest absolute Gasteiger partial charge is 0.496 e. The van der Waals surface area contributed by atoms with E-state index in [-0.39, 0.29) is 11.8 Å². The summed E-state index contributed by atoms with van der Waals surface area (Å²) in [7, 11) is 5.57. The van der Waals surface area contributed by atoms with Crippen molar-refractivity contribution in [1.29, 1.82) is 0 Å². The van der Waals surface area contributed by atoms with Gasteiger partial charge < -0.3 is 20.3 Å². The average molecular weight is 445 g/mol. The molecule has 2 aromatic carbocycles. The van der Waals surface area contributed by atoms with Crippen LogP contribution in [0.25, 0.3) is 16.7 Å². The lowest BCUT2D eigenvalue weighted by molar-refractivity contribution is -0.117. The molecular formula is C26H28N4O3. The number of amides is 2. The van der Waals surface area contributed by atoms with E-state index < -0.39 is 0 Å². The lowest BCUT2D eigenvalue weighted by atomic mass is 9.98. The molecule has 4 rings (SSSR count). The molecule has 7 heteroatoms. The van der Waals surface area contributed by atoms with E-state index in [2.05, 4.69) is 15.6 Å². The topological polar surface area (TPSA) is 83.0 Å². The Morgan fingerprint density at radius 3 is 2.76 bits per heavy atom. The Bertz CT molecular complexity index is 1210. The Labute approximate surface area is 193 Å². The first-order valence-electron chi connectivity index (χ1n) is 10.9. The highest BCUT2D eigenvalue weighted by Crippen LogP contribution is 2.38. The first kappa shape index (κ1) is 22.5. The highest BCUT2D eigenvalue weighted by Gasteiger charge is 2.27. The summed E-state index contributed by atoms with van der Waals surface area (Å²) < 4.78 is 5.47. The number of methoxy groups -OCH3 is 1. The molecule has 0 saturated carbocycles. The number of aliphatic imine (C=N–C) groups is 1. The van der Waals surface area contributed by atoms with Crippen molar-refractivity contribution in [1.82, 2.24) is 10.2 Å². The number of hydrogen-bond donors (Lipinski definition) is 2. The number of ether oxygens (including phenoxy) is 1. The number of allylic oxidation sites excluding steroid dienone is 2. The molecule has 0 bridgehead atoms. The van der Waals surface area contributed by atoms with E-state index in [4.69, 9.17) is 4.74 Å². The lowest BCUT2D eigenvalue weighted by Gasteiger charge is -2.11. The number of nitrogens with one attached hydrogen (secondary N) is 2. The third-order valence-electron chi connectivity index (χ3n) is 5.76. The van der Waals surface area contributed by atoms with Crippen molar-refractivity contribution in [2.24, 2.45) is 4.99 Å². The molecule has 2 N–H and O–H groups in total. The summed E-state index contributed by atoms with van der Waals surface area (Å²) in [6.07, 6.45) is 2.19. The number of likely N-dealkylation sites (N-methyl/N-ethyl adjacent to an activating group) is 1. The monoisotopic (exact) mass is 444 g/mol. The zero-order chi connectivity index (χ0) is 23.5. The van der Waals surface area contributed by atoms with E-state index in [0.29, 0.717) is 35.5 Å². The molecule has 2 heterocycles. The predicted octanol–water partition coefficient (Wildman–Crippen LogP) is 3.49. The quantitative estimate of drug-likeness (QED) is 0.641. The number of benzene rings is 2. The Morgan fingerprint density at radius 1 is 1.21 bits per heavy atom. The van der Waals surface area contributed by atoms with Crippen LogP contribution in [0.15, 0.2) is 64.8 Å². The predicted molar refractivity (Wildman–Crippen MR) is 131 cm³/mol. The zero-order valence-electron chi connectivity index (χ0n) is 19.4. The van der Waals surface area contributed by atoms with Gasteiger partial charge >= 0.3 is 0 Å². The number of para-hydroxylation sites is 1. The van der Waals surface area contributed by atoms with Gasteiger partial charge in [-0.1, -0.05) is 30.3 Å². The van der Waals surface area contributed by atoms with Crippen LogP contribution in [0.1, 0.15) is 18.9 Å². The summed E-state index contributed by atoms with van der Waals surface area (Å²) in [4.78, 5) is 31.8. The molecule has 2 aliphatic heterocycles. The van der Waals surface area contributed by atoms with Gasteiger partial charge in [-0.2, -0.15) is 0 Å². The molecule has 0 saturated heterocycles. The van der Waals surface area contributed by atoms with Gasteiger partial charge in [0.15, 0.2) is 0 Å². The van der Waals surface area contributed by atoms with Gasteiger partial charge in [-0.3, -0.25) is 14.6 Å². The first-order valence-corrected chi connectivity index (χ1v) is 10.9. The van der Waals surface area contributed by atoms with Gasteiger partial charge in [0.2, 0.25) is 5.91 Å². The van der Waals surface area contributed by atoms with E-state index in [1.54, 1.807) is 13.2 Å². The number of nitrogens with zero attached hydrogens (tertiary/aromatic N) is 2. The van der Waals surface area contributed by atoms with Crippen LogP contribution in [0.2, 0.25) is 0 Å². The second kappa shape index (κ2) is 9.42. The van der Waals surface area contributed by atoms with Crippen molar-refractivity contribution in [3.8, 4) is 16.9 Å². The van der Waals surface area contributed by atoms with Gasteiger partial charge in [0, 0.05) is 53.3 Å². The van der Waals surface area contributed by atoms with Crippen LogP contribution in [-0.4, -0.2) is 56.7 Å². The van der Waals surface area contributed by atoms with Gasteiger partial charge in [-0.15, -0.1) is 0 Å². The Balaban J connectivity index is 1.53. The summed E-state index contributed by atoms with van der Waals surface area (Å²) in [5.74, 6) is 0.492. The van der Waals surface area contributed by atoms with Crippen LogP contribution in [0.3, 0.4) is 0 Å². The van der Waals surface area contributed by atoms with Crippen molar-refractivity contribution in [3.63, 3.8) is 0 Å². The molecule has 0 aliphatic carbocycles. The molecule has 0 atom stereocenters. The Hall–Kier alpha value is -3.71. The summed E-state index contributed by atoms with van der Waals surface area (Å²) in [6, 6.07) is 13.6. The molecule has 33 heavy (non-hydrogen) atoms. The van der Waals surface area contributed by atoms with Crippen molar-refractivity contribution >= 4 is 28.8 Å². The van der Waals surface area contributed by atoms with Gasteiger partial charge in [0.1, 0.15) is 5.75 Å². The molecule has 0 aromatic heterocycles. The van der Waals surface area contributed by atoms with Crippen molar-refractivity contribution in [2.75, 3.05) is 39.6 Å². The SMILES string of the molecule is COc1ccccc1-c1ccc2c(c1)NC(=O)/C2=C\C1=NC(C)=C(C(=O)NCCN(C)C)C1. The number of carbonyl (C=O) groups is 2. The molecule has 7 nitrogen and oxygen atoms in total. The molecule has 0 spiro atoms. The molecule has 2 aromatic rings. The fourth-order valence-electron chi connectivity index (χ4n) is 4.01. The smallest absolute Gasteiger partial charge is 0.256 e. The zero-order valence-corrected chi connectivity index (χ0v) is 19.4.